The maximum atomic E-state index is 13.2. The summed E-state index contributed by atoms with van der Waals surface area (Å²) >= 11 is 0. The molecule has 0 bridgehead atoms. The molecule has 0 saturated carbocycles. The van der Waals surface area contributed by atoms with Gasteiger partial charge < -0.3 is 10.2 Å². The summed E-state index contributed by atoms with van der Waals surface area (Å²) in [5.41, 5.74) is 0. The van der Waals surface area contributed by atoms with E-state index < -0.39 is 5.92 Å². The number of rotatable bonds is 1. The van der Waals surface area contributed by atoms with Crippen molar-refractivity contribution in [1.82, 2.24) is 10.2 Å². The first-order valence-electron chi connectivity index (χ1n) is 5.96. The first-order chi connectivity index (χ1) is 7.58. The highest BCUT2D eigenvalue weighted by Crippen LogP contribution is 2.27. The third-order valence-corrected chi connectivity index (χ3v) is 3.35. The van der Waals surface area contributed by atoms with Crippen molar-refractivity contribution in [3.05, 3.63) is 0 Å². The summed E-state index contributed by atoms with van der Waals surface area (Å²) in [5.74, 6) is -2.63. The van der Waals surface area contributed by atoms with E-state index in [1.54, 1.807) is 4.90 Å². The van der Waals surface area contributed by atoms with Crippen LogP contribution in [0.2, 0.25) is 0 Å². The van der Waals surface area contributed by atoms with Gasteiger partial charge in [0.25, 0.3) is 5.92 Å². The van der Waals surface area contributed by atoms with Crippen LogP contribution in [0.4, 0.5) is 8.78 Å². The summed E-state index contributed by atoms with van der Waals surface area (Å²) in [7, 11) is 0. The van der Waals surface area contributed by atoms with Crippen molar-refractivity contribution >= 4 is 18.3 Å². The number of likely N-dealkylation sites (tertiary alicyclic amines) is 1. The molecule has 2 aliphatic rings. The van der Waals surface area contributed by atoms with E-state index in [4.69, 9.17) is 0 Å². The summed E-state index contributed by atoms with van der Waals surface area (Å²) in [4.78, 5) is 13.4. The Bertz CT molecular complexity index is 276. The monoisotopic (exact) mass is 268 g/mol. The largest absolute Gasteiger partial charge is 0.338 e. The van der Waals surface area contributed by atoms with Crippen LogP contribution in [-0.4, -0.2) is 42.4 Å². The summed E-state index contributed by atoms with van der Waals surface area (Å²) in [5, 5.41) is 2.72. The van der Waals surface area contributed by atoms with Gasteiger partial charge >= 0.3 is 0 Å². The number of carbonyl (C=O) groups excluding carboxylic acids is 1. The fraction of sp³-hybridized carbons (Fsp3) is 0.909. The Morgan fingerprint density at radius 3 is 2.76 bits per heavy atom. The van der Waals surface area contributed by atoms with E-state index in [0.29, 0.717) is 19.5 Å². The number of piperidine rings is 1. The van der Waals surface area contributed by atoms with Crippen molar-refractivity contribution in [2.45, 2.75) is 44.1 Å². The first-order valence-corrected chi connectivity index (χ1v) is 5.96. The predicted molar refractivity (Wildman–Crippen MR) is 63.7 cm³/mol. The summed E-state index contributed by atoms with van der Waals surface area (Å²) < 4.78 is 26.5. The molecular formula is C11H19ClF2N2O. The zero-order valence-electron chi connectivity index (χ0n) is 9.75. The van der Waals surface area contributed by atoms with Crippen LogP contribution < -0.4 is 5.32 Å². The Kier molecular flexibility index (Phi) is 5.13. The highest BCUT2D eigenvalue weighted by molar-refractivity contribution is 5.85. The van der Waals surface area contributed by atoms with E-state index in [0.717, 1.165) is 19.3 Å². The SMILES string of the molecule is Cl.O=C1CCCCCN1[C@H]1CNCC(F)(F)C1. The van der Waals surface area contributed by atoms with E-state index >= 15 is 0 Å². The molecule has 100 valence electrons. The lowest BCUT2D eigenvalue weighted by molar-refractivity contribution is -0.136. The van der Waals surface area contributed by atoms with Crippen LogP contribution in [-0.2, 0) is 4.79 Å². The normalized spacial score (nSPS) is 29.4. The number of carbonyl (C=O) groups is 1. The third kappa shape index (κ3) is 3.78. The van der Waals surface area contributed by atoms with Gasteiger partial charge in [-0.25, -0.2) is 8.78 Å². The van der Waals surface area contributed by atoms with Crippen LogP contribution in [0.25, 0.3) is 0 Å². The van der Waals surface area contributed by atoms with Gasteiger partial charge in [0.2, 0.25) is 5.91 Å². The number of hydrogen-bond donors (Lipinski definition) is 1. The van der Waals surface area contributed by atoms with Crippen LogP contribution in [0.5, 0.6) is 0 Å². The molecule has 0 radical (unpaired) electrons. The molecular weight excluding hydrogens is 250 g/mol. The number of nitrogens with zero attached hydrogens (tertiary/aromatic N) is 1. The van der Waals surface area contributed by atoms with Crippen LogP contribution >= 0.6 is 12.4 Å². The summed E-state index contributed by atoms with van der Waals surface area (Å²) in [6.07, 6.45) is 3.19. The molecule has 2 fully saturated rings. The highest BCUT2D eigenvalue weighted by Gasteiger charge is 2.39. The zero-order chi connectivity index (χ0) is 11.6. The minimum absolute atomic E-state index is 0. The molecule has 1 N–H and O–H groups in total. The van der Waals surface area contributed by atoms with Crippen molar-refractivity contribution in [2.24, 2.45) is 0 Å². The second-order valence-electron chi connectivity index (χ2n) is 4.74. The molecule has 1 amide bonds. The highest BCUT2D eigenvalue weighted by atomic mass is 35.5. The van der Waals surface area contributed by atoms with Crippen LogP contribution in [0, 0.1) is 0 Å². The van der Waals surface area contributed by atoms with Gasteiger partial charge in [-0.2, -0.15) is 0 Å². The quantitative estimate of drug-likeness (QED) is 0.787. The second-order valence-corrected chi connectivity index (χ2v) is 4.74. The smallest absolute Gasteiger partial charge is 0.262 e. The van der Waals surface area contributed by atoms with Crippen molar-refractivity contribution in [2.75, 3.05) is 19.6 Å². The number of nitrogens with one attached hydrogen (secondary N) is 1. The number of hydrogen-bond acceptors (Lipinski definition) is 2. The molecule has 0 spiro atoms. The Morgan fingerprint density at radius 2 is 2.06 bits per heavy atom. The van der Waals surface area contributed by atoms with E-state index in [2.05, 4.69) is 5.32 Å². The second kappa shape index (κ2) is 5.96. The summed E-state index contributed by atoms with van der Waals surface area (Å²) in [6, 6.07) is -0.325. The molecule has 2 heterocycles. The fourth-order valence-corrected chi connectivity index (χ4v) is 2.52. The molecule has 3 nitrogen and oxygen atoms in total. The molecule has 0 aromatic heterocycles. The van der Waals surface area contributed by atoms with Crippen molar-refractivity contribution < 1.29 is 13.6 Å². The number of amides is 1. The standard InChI is InChI=1S/C11H18F2N2O.ClH/c12-11(13)6-9(7-14-8-11)15-5-3-1-2-4-10(15)16;/h9,14H,1-8H2;1H/t9-;/m1./s1. The molecule has 2 aliphatic heterocycles. The van der Waals surface area contributed by atoms with E-state index in [1.165, 1.54) is 0 Å². The lowest BCUT2D eigenvalue weighted by Crippen LogP contribution is -2.55. The zero-order valence-corrected chi connectivity index (χ0v) is 10.6. The van der Waals surface area contributed by atoms with E-state index in [-0.39, 0.29) is 37.3 Å². The van der Waals surface area contributed by atoms with Gasteiger partial charge in [0.15, 0.2) is 0 Å². The average molecular weight is 269 g/mol. The molecule has 17 heavy (non-hydrogen) atoms. The molecule has 0 aromatic rings. The molecule has 2 rings (SSSR count). The molecule has 1 atom stereocenters. The Hall–Kier alpha value is -0.420. The molecule has 0 aromatic carbocycles. The fourth-order valence-electron chi connectivity index (χ4n) is 2.52. The van der Waals surface area contributed by atoms with Crippen LogP contribution in [0.1, 0.15) is 32.1 Å². The third-order valence-electron chi connectivity index (χ3n) is 3.35. The minimum Gasteiger partial charge on any atom is -0.338 e. The van der Waals surface area contributed by atoms with Gasteiger partial charge in [-0.05, 0) is 12.8 Å². The Labute approximate surface area is 106 Å². The Balaban J connectivity index is 0.00000144. The number of halogens is 3. The molecule has 6 heteroatoms. The molecule has 0 unspecified atom stereocenters. The van der Waals surface area contributed by atoms with Crippen molar-refractivity contribution in [3.63, 3.8) is 0 Å². The van der Waals surface area contributed by atoms with Crippen molar-refractivity contribution in [3.8, 4) is 0 Å². The van der Waals surface area contributed by atoms with Gasteiger partial charge in [0, 0.05) is 32.0 Å². The summed E-state index contributed by atoms with van der Waals surface area (Å²) in [6.45, 7) is 0.883. The molecule has 2 saturated heterocycles. The molecule has 0 aliphatic carbocycles. The lowest BCUT2D eigenvalue weighted by atomic mass is 10.0. The predicted octanol–water partition coefficient (Wildman–Crippen LogP) is 1.81. The van der Waals surface area contributed by atoms with E-state index in [9.17, 15) is 13.6 Å². The van der Waals surface area contributed by atoms with E-state index in [1.807, 2.05) is 0 Å². The van der Waals surface area contributed by atoms with Gasteiger partial charge in [-0.1, -0.05) is 6.42 Å². The topological polar surface area (TPSA) is 32.3 Å². The minimum atomic E-state index is -2.67. The van der Waals surface area contributed by atoms with Crippen LogP contribution in [0.3, 0.4) is 0 Å². The van der Waals surface area contributed by atoms with Gasteiger partial charge in [0.05, 0.1) is 6.54 Å². The van der Waals surface area contributed by atoms with Crippen molar-refractivity contribution in [1.29, 1.82) is 0 Å². The number of alkyl halides is 2. The maximum absolute atomic E-state index is 13.2. The van der Waals surface area contributed by atoms with Gasteiger partial charge in [-0.3, -0.25) is 4.79 Å². The maximum Gasteiger partial charge on any atom is 0.262 e. The van der Waals surface area contributed by atoms with Crippen LogP contribution in [0.15, 0.2) is 0 Å². The Morgan fingerprint density at radius 1 is 1.29 bits per heavy atom. The lowest BCUT2D eigenvalue weighted by Gasteiger charge is -2.37. The van der Waals surface area contributed by atoms with Gasteiger partial charge in [-0.15, -0.1) is 12.4 Å². The average Bonchev–Trinajstić information content (AvgIpc) is 2.41. The van der Waals surface area contributed by atoms with Gasteiger partial charge in [0.1, 0.15) is 0 Å². The first kappa shape index (κ1) is 14.6.